The number of nitrogens with zero attached hydrogens (tertiary/aromatic N) is 3. The maximum atomic E-state index is 12.7. The monoisotopic (exact) mass is 465 g/mol. The van der Waals surface area contributed by atoms with Gasteiger partial charge in [-0.25, -0.2) is 15.3 Å². The Labute approximate surface area is 199 Å². The zero-order valence-electron chi connectivity index (χ0n) is 19.2. The van der Waals surface area contributed by atoms with Crippen molar-refractivity contribution in [3.63, 3.8) is 0 Å². The quantitative estimate of drug-likeness (QED) is 0.456. The number of ether oxygens (including phenoxy) is 1. The molecule has 0 aliphatic carbocycles. The van der Waals surface area contributed by atoms with Crippen molar-refractivity contribution in [3.8, 4) is 0 Å². The zero-order chi connectivity index (χ0) is 23.6. The van der Waals surface area contributed by atoms with Crippen LogP contribution in [0.1, 0.15) is 43.4 Å². The number of rotatable bonds is 8. The minimum absolute atomic E-state index is 0.120. The Bertz CT molecular complexity index is 961. The van der Waals surface area contributed by atoms with Gasteiger partial charge in [-0.1, -0.05) is 30.3 Å². The Morgan fingerprint density at radius 3 is 2.76 bits per heavy atom. The van der Waals surface area contributed by atoms with Crippen LogP contribution in [0, 0.1) is 0 Å². The van der Waals surface area contributed by atoms with Crippen molar-refractivity contribution in [1.82, 2.24) is 20.3 Å². The molecular formula is C25H31N5O4. The Morgan fingerprint density at radius 2 is 2.00 bits per heavy atom. The van der Waals surface area contributed by atoms with Crippen LogP contribution in [0.15, 0.2) is 48.8 Å². The van der Waals surface area contributed by atoms with Gasteiger partial charge >= 0.3 is 0 Å². The van der Waals surface area contributed by atoms with Crippen molar-refractivity contribution in [2.75, 3.05) is 25.0 Å². The van der Waals surface area contributed by atoms with Crippen molar-refractivity contribution in [2.24, 2.45) is 0 Å². The minimum atomic E-state index is -0.388. The molecule has 0 radical (unpaired) electrons. The third-order valence-corrected chi connectivity index (χ3v) is 5.83. The number of amides is 2. The number of aromatic nitrogens is 2. The first-order valence-corrected chi connectivity index (χ1v) is 11.8. The highest BCUT2D eigenvalue weighted by Gasteiger charge is 2.24. The second-order valence-electron chi connectivity index (χ2n) is 8.53. The summed E-state index contributed by atoms with van der Waals surface area (Å²) in [5, 5.41) is 3.37. The third kappa shape index (κ3) is 7.36. The molecule has 1 aromatic heterocycles. The summed E-state index contributed by atoms with van der Waals surface area (Å²) in [5.41, 5.74) is 3.95. The molecule has 9 heteroatoms. The zero-order valence-corrected chi connectivity index (χ0v) is 19.2. The molecule has 2 N–H and O–H groups in total. The van der Waals surface area contributed by atoms with Crippen molar-refractivity contribution in [2.45, 2.75) is 50.9 Å². The molecule has 9 nitrogen and oxygen atoms in total. The fourth-order valence-corrected chi connectivity index (χ4v) is 4.03. The second kappa shape index (κ2) is 12.2. The summed E-state index contributed by atoms with van der Waals surface area (Å²) >= 11 is 0. The van der Waals surface area contributed by atoms with E-state index in [1.54, 1.807) is 18.5 Å². The number of piperidine rings is 1. The van der Waals surface area contributed by atoms with Crippen molar-refractivity contribution in [1.29, 1.82) is 0 Å². The predicted octanol–water partition coefficient (Wildman–Crippen LogP) is 2.71. The molecule has 2 fully saturated rings. The van der Waals surface area contributed by atoms with Gasteiger partial charge in [0.2, 0.25) is 5.91 Å². The number of hydrogen-bond acceptors (Lipinski definition) is 7. The van der Waals surface area contributed by atoms with Gasteiger partial charge in [0.05, 0.1) is 24.5 Å². The summed E-state index contributed by atoms with van der Waals surface area (Å²) in [5.74, 6) is 0.393. The lowest BCUT2D eigenvalue weighted by molar-refractivity contribution is -0.198. The third-order valence-electron chi connectivity index (χ3n) is 5.83. The van der Waals surface area contributed by atoms with Crippen LogP contribution in [0.3, 0.4) is 0 Å². The molecule has 0 saturated carbocycles. The number of likely N-dealkylation sites (tertiary alicyclic amines) is 1. The van der Waals surface area contributed by atoms with Crippen molar-refractivity contribution < 1.29 is 19.2 Å². The molecule has 180 valence electrons. The lowest BCUT2D eigenvalue weighted by Crippen LogP contribution is -2.45. The van der Waals surface area contributed by atoms with Crippen molar-refractivity contribution in [3.05, 3.63) is 60.1 Å². The van der Waals surface area contributed by atoms with Crippen LogP contribution in [-0.2, 0) is 25.6 Å². The predicted molar refractivity (Wildman–Crippen MR) is 127 cm³/mol. The summed E-state index contributed by atoms with van der Waals surface area (Å²) in [6, 6.07) is 9.93. The lowest BCUT2D eigenvalue weighted by Gasteiger charge is -2.33. The van der Waals surface area contributed by atoms with Gasteiger partial charge in [-0.15, -0.1) is 0 Å². The molecule has 2 saturated heterocycles. The molecule has 3 heterocycles. The topological polar surface area (TPSA) is 106 Å². The molecule has 1 aromatic carbocycles. The van der Waals surface area contributed by atoms with E-state index < -0.39 is 0 Å². The van der Waals surface area contributed by atoms with Gasteiger partial charge in [0.15, 0.2) is 6.29 Å². The minimum Gasteiger partial charge on any atom is -0.364 e. The summed E-state index contributed by atoms with van der Waals surface area (Å²) in [7, 11) is 0. The van der Waals surface area contributed by atoms with E-state index in [2.05, 4.69) is 20.8 Å². The number of carbonyl (C=O) groups excluding carboxylic acids is 2. The molecule has 0 bridgehead atoms. The number of anilines is 1. The summed E-state index contributed by atoms with van der Waals surface area (Å²) < 4.78 is 5.40. The molecule has 0 spiro atoms. The number of nitrogens with one attached hydrogen (secondary N) is 2. The number of hydrogen-bond donors (Lipinski definition) is 2. The smallest absolute Gasteiger partial charge is 0.267 e. The van der Waals surface area contributed by atoms with Crippen LogP contribution in [0.4, 0.5) is 5.82 Å². The molecule has 4 rings (SSSR count). The maximum absolute atomic E-state index is 12.7. The molecule has 34 heavy (non-hydrogen) atoms. The molecule has 2 aliphatic heterocycles. The normalized spacial score (nSPS) is 20.8. The summed E-state index contributed by atoms with van der Waals surface area (Å²) in [6.45, 7) is 2.06. The van der Waals surface area contributed by atoms with E-state index in [4.69, 9.17) is 9.57 Å². The number of benzene rings is 1. The lowest BCUT2D eigenvalue weighted by atomic mass is 10.0. The Balaban J connectivity index is 1.22. The van der Waals surface area contributed by atoms with E-state index in [1.807, 2.05) is 35.2 Å². The first-order valence-electron chi connectivity index (χ1n) is 11.8. The Morgan fingerprint density at radius 1 is 1.12 bits per heavy atom. The fraction of sp³-hybridized carbons (Fsp3) is 0.440. The van der Waals surface area contributed by atoms with Crippen molar-refractivity contribution >= 4 is 23.7 Å². The van der Waals surface area contributed by atoms with E-state index >= 15 is 0 Å². The molecule has 2 amide bonds. The largest absolute Gasteiger partial charge is 0.364 e. The highest BCUT2D eigenvalue weighted by atomic mass is 16.8. The van der Waals surface area contributed by atoms with Gasteiger partial charge in [-0.2, -0.15) is 0 Å². The molecule has 2 aliphatic rings. The average Bonchev–Trinajstić information content (AvgIpc) is 2.88. The van der Waals surface area contributed by atoms with Gasteiger partial charge in [0.25, 0.3) is 5.91 Å². The van der Waals surface area contributed by atoms with Crippen LogP contribution in [0.5, 0.6) is 0 Å². The first-order chi connectivity index (χ1) is 16.7. The van der Waals surface area contributed by atoms with Crippen LogP contribution >= 0.6 is 0 Å². The highest BCUT2D eigenvalue weighted by molar-refractivity contribution is 5.90. The standard InChI is InChI=1S/C25H31N5O4/c31-23(29-34-25-10-4-5-14-33-25)12-11-20-16-27-22(17-26-20)28-21-9-6-13-30(18-21)24(32)15-19-7-2-1-3-8-19/h1-3,7-8,11-12,16-17,21,25H,4-6,9-10,13-15,18H2,(H,27,28)(H,29,31)/b12-11+/t21-,25?/m1/s1. The average molecular weight is 466 g/mol. The Kier molecular flexibility index (Phi) is 8.59. The van der Waals surface area contributed by atoms with Gasteiger partial charge in [-0.05, 0) is 37.3 Å². The van der Waals surface area contributed by atoms with Crippen LogP contribution < -0.4 is 10.8 Å². The SMILES string of the molecule is O=C(/C=C/c1cnc(N[C@@H]2CCCN(C(=O)Cc3ccccc3)C2)cn1)NOC1CCCCO1. The number of carbonyl (C=O) groups is 2. The second-order valence-corrected chi connectivity index (χ2v) is 8.53. The number of hydroxylamine groups is 1. The maximum Gasteiger partial charge on any atom is 0.267 e. The fourth-order valence-electron chi connectivity index (χ4n) is 4.03. The molecule has 2 atom stereocenters. The van der Waals surface area contributed by atoms with E-state index in [1.165, 1.54) is 6.08 Å². The van der Waals surface area contributed by atoms with Crippen LogP contribution in [0.25, 0.3) is 6.08 Å². The molecule has 2 aromatic rings. The van der Waals surface area contributed by atoms with Gasteiger partial charge in [0, 0.05) is 38.2 Å². The highest BCUT2D eigenvalue weighted by Crippen LogP contribution is 2.16. The van der Waals surface area contributed by atoms with Crippen LogP contribution in [0.2, 0.25) is 0 Å². The first kappa shape index (κ1) is 23.8. The summed E-state index contributed by atoms with van der Waals surface area (Å²) in [6.07, 6.45) is 10.9. The Hall–Kier alpha value is -3.30. The van der Waals surface area contributed by atoms with E-state index in [0.29, 0.717) is 31.1 Å². The van der Waals surface area contributed by atoms with E-state index in [-0.39, 0.29) is 24.1 Å². The van der Waals surface area contributed by atoms with Crippen LogP contribution in [-0.4, -0.2) is 58.7 Å². The van der Waals surface area contributed by atoms with E-state index in [0.717, 1.165) is 44.2 Å². The van der Waals surface area contributed by atoms with Gasteiger partial charge < -0.3 is 15.0 Å². The summed E-state index contributed by atoms with van der Waals surface area (Å²) in [4.78, 5) is 40.5. The van der Waals surface area contributed by atoms with Gasteiger partial charge in [-0.3, -0.25) is 14.6 Å². The van der Waals surface area contributed by atoms with Gasteiger partial charge in [0.1, 0.15) is 5.82 Å². The van der Waals surface area contributed by atoms with E-state index in [9.17, 15) is 9.59 Å². The molecule has 1 unspecified atom stereocenters. The molecular weight excluding hydrogens is 434 g/mol.